The van der Waals surface area contributed by atoms with Crippen LogP contribution in [0.3, 0.4) is 0 Å². The zero-order valence-corrected chi connectivity index (χ0v) is 6.52. The maximum Gasteiger partial charge on any atom is 0.0477 e. The first-order valence-electron chi connectivity index (χ1n) is 3.86. The van der Waals surface area contributed by atoms with E-state index in [-0.39, 0.29) is 0 Å². The summed E-state index contributed by atoms with van der Waals surface area (Å²) in [7, 11) is 1.75. The molecule has 1 aliphatic heterocycles. The van der Waals surface area contributed by atoms with Gasteiger partial charge in [-0.3, -0.25) is 0 Å². The molecule has 1 fully saturated rings. The topological polar surface area (TPSA) is 33.3 Å². The molecule has 0 amide bonds. The predicted octanol–water partition coefficient (Wildman–Crippen LogP) is -0.416. The van der Waals surface area contributed by atoms with Gasteiger partial charge in [-0.25, -0.2) is 0 Å². The number of rotatable bonds is 3. The van der Waals surface area contributed by atoms with Crippen LogP contribution in [-0.2, 0) is 4.74 Å². The van der Waals surface area contributed by atoms with E-state index in [2.05, 4.69) is 10.6 Å². The zero-order valence-electron chi connectivity index (χ0n) is 6.52. The Morgan fingerprint density at radius 3 is 3.00 bits per heavy atom. The maximum absolute atomic E-state index is 4.98. The molecule has 3 nitrogen and oxygen atoms in total. The minimum Gasteiger partial charge on any atom is -0.385 e. The number of hydrogen-bond acceptors (Lipinski definition) is 3. The molecule has 3 heteroatoms. The van der Waals surface area contributed by atoms with Crippen molar-refractivity contribution in [3.8, 4) is 0 Å². The van der Waals surface area contributed by atoms with Crippen molar-refractivity contribution in [2.75, 3.05) is 33.4 Å². The van der Waals surface area contributed by atoms with Crippen LogP contribution in [0.2, 0.25) is 0 Å². The molecule has 1 rings (SSSR count). The molecule has 0 saturated carbocycles. The largest absolute Gasteiger partial charge is 0.385 e. The normalized spacial score (nSPS) is 26.7. The molecule has 0 aromatic heterocycles. The Hall–Kier alpha value is -0.120. The van der Waals surface area contributed by atoms with Crippen molar-refractivity contribution in [2.24, 2.45) is 0 Å². The highest BCUT2D eigenvalue weighted by molar-refractivity contribution is 4.74. The van der Waals surface area contributed by atoms with E-state index in [1.807, 2.05) is 0 Å². The van der Waals surface area contributed by atoms with Crippen LogP contribution in [0.25, 0.3) is 0 Å². The number of methoxy groups -OCH3 is 1. The number of ether oxygens (including phenoxy) is 1. The standard InChI is InChI=1S/C7H16N2O/c1-10-5-2-7-6-8-3-4-9-7/h7-9H,2-6H2,1H3. The SMILES string of the molecule is COCCC1CNCCN1. The molecule has 1 unspecified atom stereocenters. The van der Waals surface area contributed by atoms with Crippen LogP contribution in [0, 0.1) is 0 Å². The summed E-state index contributed by atoms with van der Waals surface area (Å²) in [5, 5.41) is 6.74. The summed E-state index contributed by atoms with van der Waals surface area (Å²) in [6.07, 6.45) is 1.11. The number of hydrogen-bond donors (Lipinski definition) is 2. The monoisotopic (exact) mass is 144 g/mol. The maximum atomic E-state index is 4.98. The third kappa shape index (κ3) is 2.64. The molecule has 2 N–H and O–H groups in total. The first kappa shape index (κ1) is 7.98. The van der Waals surface area contributed by atoms with E-state index in [1.165, 1.54) is 0 Å². The number of nitrogens with one attached hydrogen (secondary N) is 2. The Morgan fingerprint density at radius 1 is 1.50 bits per heavy atom. The van der Waals surface area contributed by atoms with Gasteiger partial charge in [-0.15, -0.1) is 0 Å². The van der Waals surface area contributed by atoms with E-state index in [1.54, 1.807) is 7.11 Å². The second-order valence-electron chi connectivity index (χ2n) is 2.64. The molecule has 0 radical (unpaired) electrons. The van der Waals surface area contributed by atoms with E-state index in [4.69, 9.17) is 4.74 Å². The molecule has 1 heterocycles. The van der Waals surface area contributed by atoms with Gasteiger partial charge in [-0.2, -0.15) is 0 Å². The van der Waals surface area contributed by atoms with E-state index >= 15 is 0 Å². The Balaban J connectivity index is 2.02. The summed E-state index contributed by atoms with van der Waals surface area (Å²) >= 11 is 0. The highest BCUT2D eigenvalue weighted by Gasteiger charge is 2.10. The van der Waals surface area contributed by atoms with Crippen molar-refractivity contribution in [1.29, 1.82) is 0 Å². The number of piperazine rings is 1. The molecule has 0 aromatic carbocycles. The van der Waals surface area contributed by atoms with Gasteiger partial charge in [0.2, 0.25) is 0 Å². The van der Waals surface area contributed by atoms with Gasteiger partial charge in [0, 0.05) is 39.4 Å². The van der Waals surface area contributed by atoms with Gasteiger partial charge in [-0.1, -0.05) is 0 Å². The van der Waals surface area contributed by atoms with Crippen LogP contribution < -0.4 is 10.6 Å². The lowest BCUT2D eigenvalue weighted by atomic mass is 10.2. The summed E-state index contributed by atoms with van der Waals surface area (Å²) in [5.74, 6) is 0. The summed E-state index contributed by atoms with van der Waals surface area (Å²) in [6, 6.07) is 0.619. The Morgan fingerprint density at radius 2 is 2.40 bits per heavy atom. The molecular formula is C7H16N2O. The van der Waals surface area contributed by atoms with Crippen molar-refractivity contribution in [1.82, 2.24) is 10.6 Å². The van der Waals surface area contributed by atoms with Gasteiger partial charge >= 0.3 is 0 Å². The third-order valence-corrected chi connectivity index (χ3v) is 1.80. The van der Waals surface area contributed by atoms with E-state index in [0.717, 1.165) is 32.7 Å². The molecular weight excluding hydrogens is 128 g/mol. The Kier molecular flexibility index (Phi) is 3.72. The van der Waals surface area contributed by atoms with Crippen molar-refractivity contribution >= 4 is 0 Å². The van der Waals surface area contributed by atoms with Crippen LogP contribution in [0.5, 0.6) is 0 Å². The Bertz CT molecular complexity index is 81.7. The quantitative estimate of drug-likeness (QED) is 0.564. The smallest absolute Gasteiger partial charge is 0.0477 e. The molecule has 1 atom stereocenters. The van der Waals surface area contributed by atoms with Gasteiger partial charge in [0.15, 0.2) is 0 Å². The fourth-order valence-electron chi connectivity index (χ4n) is 1.18. The lowest BCUT2D eigenvalue weighted by Crippen LogP contribution is -2.48. The van der Waals surface area contributed by atoms with E-state index < -0.39 is 0 Å². The van der Waals surface area contributed by atoms with Crippen LogP contribution in [0.1, 0.15) is 6.42 Å². The molecule has 0 bridgehead atoms. The fraction of sp³-hybridized carbons (Fsp3) is 1.00. The van der Waals surface area contributed by atoms with Gasteiger partial charge in [-0.05, 0) is 6.42 Å². The summed E-state index contributed by atoms with van der Waals surface area (Å²) in [6.45, 7) is 4.14. The zero-order chi connectivity index (χ0) is 7.23. The van der Waals surface area contributed by atoms with Crippen molar-refractivity contribution < 1.29 is 4.74 Å². The summed E-state index contributed by atoms with van der Waals surface area (Å²) < 4.78 is 4.98. The van der Waals surface area contributed by atoms with Gasteiger partial charge in [0.25, 0.3) is 0 Å². The molecule has 1 saturated heterocycles. The molecule has 10 heavy (non-hydrogen) atoms. The predicted molar refractivity (Wildman–Crippen MR) is 41.2 cm³/mol. The van der Waals surface area contributed by atoms with Crippen molar-refractivity contribution in [2.45, 2.75) is 12.5 Å². The Labute approximate surface area is 62.1 Å². The second-order valence-corrected chi connectivity index (χ2v) is 2.64. The third-order valence-electron chi connectivity index (χ3n) is 1.80. The van der Waals surface area contributed by atoms with E-state index in [0.29, 0.717) is 6.04 Å². The average Bonchev–Trinajstić information content (AvgIpc) is 2.03. The first-order valence-corrected chi connectivity index (χ1v) is 3.86. The first-order chi connectivity index (χ1) is 4.93. The second kappa shape index (κ2) is 4.66. The van der Waals surface area contributed by atoms with Crippen LogP contribution in [0.15, 0.2) is 0 Å². The lowest BCUT2D eigenvalue weighted by molar-refractivity contribution is 0.179. The van der Waals surface area contributed by atoms with Crippen LogP contribution >= 0.6 is 0 Å². The minimum absolute atomic E-state index is 0.619. The summed E-state index contributed by atoms with van der Waals surface area (Å²) in [4.78, 5) is 0. The highest BCUT2D eigenvalue weighted by atomic mass is 16.5. The molecule has 60 valence electrons. The molecule has 1 aliphatic rings. The highest BCUT2D eigenvalue weighted by Crippen LogP contribution is 1.93. The fourth-order valence-corrected chi connectivity index (χ4v) is 1.18. The lowest BCUT2D eigenvalue weighted by Gasteiger charge is -2.23. The van der Waals surface area contributed by atoms with Crippen molar-refractivity contribution in [3.63, 3.8) is 0 Å². The van der Waals surface area contributed by atoms with E-state index in [9.17, 15) is 0 Å². The van der Waals surface area contributed by atoms with Crippen molar-refractivity contribution in [3.05, 3.63) is 0 Å². The van der Waals surface area contributed by atoms with Gasteiger partial charge < -0.3 is 15.4 Å². The molecule has 0 aromatic rings. The van der Waals surface area contributed by atoms with Crippen LogP contribution in [-0.4, -0.2) is 39.4 Å². The summed E-state index contributed by atoms with van der Waals surface area (Å²) in [5.41, 5.74) is 0. The van der Waals surface area contributed by atoms with Gasteiger partial charge in [0.1, 0.15) is 0 Å². The molecule has 0 aliphatic carbocycles. The van der Waals surface area contributed by atoms with Gasteiger partial charge in [0.05, 0.1) is 0 Å². The average molecular weight is 144 g/mol. The minimum atomic E-state index is 0.619. The van der Waals surface area contributed by atoms with Crippen LogP contribution in [0.4, 0.5) is 0 Å². The molecule has 0 spiro atoms.